The van der Waals surface area contributed by atoms with Gasteiger partial charge in [0.1, 0.15) is 0 Å². The third-order valence-corrected chi connectivity index (χ3v) is 3.93. The number of amides is 1. The number of carbonyl (C=O) groups is 2. The minimum Gasteiger partial charge on any atom is -0.447 e. The molecule has 1 atom stereocenters. The first-order valence-corrected chi connectivity index (χ1v) is 8.44. The third kappa shape index (κ3) is 4.15. The molecule has 2 aromatic carbocycles. The van der Waals surface area contributed by atoms with E-state index in [0.29, 0.717) is 28.2 Å². The van der Waals surface area contributed by atoms with Crippen LogP contribution < -0.4 is 5.32 Å². The third-order valence-electron chi connectivity index (χ3n) is 3.68. The molecule has 1 aromatic heterocycles. The van der Waals surface area contributed by atoms with Gasteiger partial charge in [-0.25, -0.2) is 9.78 Å². The Balaban J connectivity index is 1.70. The van der Waals surface area contributed by atoms with Gasteiger partial charge in [-0.1, -0.05) is 30.7 Å². The van der Waals surface area contributed by atoms with Crippen molar-refractivity contribution in [3.63, 3.8) is 0 Å². The zero-order valence-corrected chi connectivity index (χ0v) is 14.7. The van der Waals surface area contributed by atoms with E-state index in [1.165, 1.54) is 6.20 Å². The maximum Gasteiger partial charge on any atom is 0.359 e. The molecule has 1 amide bonds. The Kier molecular flexibility index (Phi) is 5.43. The zero-order chi connectivity index (χ0) is 18.5. The van der Waals surface area contributed by atoms with Crippen LogP contribution in [0, 0.1) is 0 Å². The number of carbonyl (C=O) groups excluding carboxylic acids is 2. The summed E-state index contributed by atoms with van der Waals surface area (Å²) in [4.78, 5) is 33.1. The summed E-state index contributed by atoms with van der Waals surface area (Å²) in [5.41, 5.74) is 1.89. The summed E-state index contributed by atoms with van der Waals surface area (Å²) in [6.45, 7) is 1.76. The van der Waals surface area contributed by atoms with E-state index in [-0.39, 0.29) is 5.69 Å². The highest BCUT2D eigenvalue weighted by Gasteiger charge is 2.23. The summed E-state index contributed by atoms with van der Waals surface area (Å²) in [6.07, 6.45) is 0.729. The number of halogens is 1. The molecule has 0 aliphatic carbocycles. The molecule has 3 aromatic rings. The van der Waals surface area contributed by atoms with E-state index in [4.69, 9.17) is 16.3 Å². The van der Waals surface area contributed by atoms with Gasteiger partial charge >= 0.3 is 5.97 Å². The number of benzene rings is 2. The number of esters is 1. The minimum atomic E-state index is -0.938. The number of anilines is 1. The van der Waals surface area contributed by atoms with Crippen LogP contribution in [0.5, 0.6) is 0 Å². The standard InChI is InChI=1S/C19H16ClN3O3/c1-2-17(18(24)22-13-9-7-12(20)8-10-13)26-19(25)16-11-21-14-5-3-4-6-15(14)23-16/h3-11,17H,2H2,1H3,(H,22,24). The molecule has 1 N–H and O–H groups in total. The molecule has 0 aliphatic heterocycles. The van der Waals surface area contributed by atoms with Gasteiger partial charge in [-0.15, -0.1) is 0 Å². The van der Waals surface area contributed by atoms with E-state index in [1.54, 1.807) is 49.4 Å². The molecule has 0 bridgehead atoms. The van der Waals surface area contributed by atoms with Gasteiger partial charge in [-0.3, -0.25) is 9.78 Å². The monoisotopic (exact) mass is 369 g/mol. The Morgan fingerprint density at radius 1 is 1.12 bits per heavy atom. The summed E-state index contributed by atoms with van der Waals surface area (Å²) >= 11 is 5.82. The van der Waals surface area contributed by atoms with Crippen LogP contribution in [0.3, 0.4) is 0 Å². The highest BCUT2D eigenvalue weighted by atomic mass is 35.5. The van der Waals surface area contributed by atoms with Crippen molar-refractivity contribution in [3.05, 3.63) is 65.4 Å². The molecule has 0 saturated carbocycles. The van der Waals surface area contributed by atoms with Crippen LogP contribution in [0.2, 0.25) is 5.02 Å². The molecule has 0 aliphatic rings. The second kappa shape index (κ2) is 7.93. The summed E-state index contributed by atoms with van der Waals surface area (Å²) in [5.74, 6) is -1.11. The number of hydrogen-bond acceptors (Lipinski definition) is 5. The van der Waals surface area contributed by atoms with Crippen LogP contribution >= 0.6 is 11.6 Å². The number of ether oxygens (including phenoxy) is 1. The van der Waals surface area contributed by atoms with E-state index in [1.807, 2.05) is 6.07 Å². The summed E-state index contributed by atoms with van der Waals surface area (Å²) in [7, 11) is 0. The Morgan fingerprint density at radius 3 is 2.50 bits per heavy atom. The van der Waals surface area contributed by atoms with Crippen molar-refractivity contribution < 1.29 is 14.3 Å². The number of nitrogens with zero attached hydrogens (tertiary/aromatic N) is 2. The fraction of sp³-hybridized carbons (Fsp3) is 0.158. The van der Waals surface area contributed by atoms with Gasteiger partial charge < -0.3 is 10.1 Å². The molecule has 6 nitrogen and oxygen atoms in total. The van der Waals surface area contributed by atoms with E-state index < -0.39 is 18.0 Å². The first-order valence-electron chi connectivity index (χ1n) is 8.06. The molecule has 0 spiro atoms. The predicted octanol–water partition coefficient (Wildman–Crippen LogP) is 3.86. The first-order chi connectivity index (χ1) is 12.6. The average Bonchev–Trinajstić information content (AvgIpc) is 2.67. The molecule has 0 saturated heterocycles. The minimum absolute atomic E-state index is 0.0569. The lowest BCUT2D eigenvalue weighted by Gasteiger charge is -2.16. The van der Waals surface area contributed by atoms with Crippen molar-refractivity contribution in [2.45, 2.75) is 19.4 Å². The number of aromatic nitrogens is 2. The van der Waals surface area contributed by atoms with Crippen LogP contribution in [0.25, 0.3) is 11.0 Å². The Labute approximate surface area is 155 Å². The highest BCUT2D eigenvalue weighted by molar-refractivity contribution is 6.30. The predicted molar refractivity (Wildman–Crippen MR) is 99.1 cm³/mol. The normalized spacial score (nSPS) is 11.8. The van der Waals surface area contributed by atoms with Gasteiger partial charge in [0.05, 0.1) is 17.2 Å². The fourth-order valence-corrected chi connectivity index (χ4v) is 2.45. The zero-order valence-electron chi connectivity index (χ0n) is 14.0. The van der Waals surface area contributed by atoms with Gasteiger partial charge in [0, 0.05) is 10.7 Å². The SMILES string of the molecule is CCC(OC(=O)c1cnc2ccccc2n1)C(=O)Nc1ccc(Cl)cc1. The van der Waals surface area contributed by atoms with Crippen molar-refractivity contribution in [1.82, 2.24) is 9.97 Å². The van der Waals surface area contributed by atoms with Gasteiger partial charge in [0.15, 0.2) is 11.8 Å². The summed E-state index contributed by atoms with van der Waals surface area (Å²) in [6, 6.07) is 13.9. The van der Waals surface area contributed by atoms with Crippen LogP contribution in [0.4, 0.5) is 5.69 Å². The Bertz CT molecular complexity index is 944. The Morgan fingerprint density at radius 2 is 1.81 bits per heavy atom. The lowest BCUT2D eigenvalue weighted by molar-refractivity contribution is -0.124. The topological polar surface area (TPSA) is 81.2 Å². The quantitative estimate of drug-likeness (QED) is 0.691. The smallest absolute Gasteiger partial charge is 0.359 e. The second-order valence-corrected chi connectivity index (χ2v) is 5.98. The average molecular weight is 370 g/mol. The molecular formula is C19H16ClN3O3. The fourth-order valence-electron chi connectivity index (χ4n) is 2.32. The molecule has 1 heterocycles. The maximum absolute atomic E-state index is 12.4. The van der Waals surface area contributed by atoms with Crippen molar-refractivity contribution in [3.8, 4) is 0 Å². The number of hydrogen-bond donors (Lipinski definition) is 1. The molecule has 1 unspecified atom stereocenters. The van der Waals surface area contributed by atoms with Crippen LogP contribution in [-0.2, 0) is 9.53 Å². The lowest BCUT2D eigenvalue weighted by atomic mass is 10.2. The maximum atomic E-state index is 12.4. The van der Waals surface area contributed by atoms with Crippen LogP contribution in [0.1, 0.15) is 23.8 Å². The van der Waals surface area contributed by atoms with Crippen molar-refractivity contribution in [1.29, 1.82) is 0 Å². The van der Waals surface area contributed by atoms with Crippen LogP contribution in [-0.4, -0.2) is 27.9 Å². The molecule has 3 rings (SSSR count). The van der Waals surface area contributed by atoms with Crippen molar-refractivity contribution >= 4 is 40.2 Å². The number of fused-ring (bicyclic) bond motifs is 1. The molecule has 0 fully saturated rings. The van der Waals surface area contributed by atoms with Gasteiger partial charge in [0.2, 0.25) is 0 Å². The number of rotatable bonds is 5. The van der Waals surface area contributed by atoms with Gasteiger partial charge in [-0.05, 0) is 42.8 Å². The van der Waals surface area contributed by atoms with E-state index >= 15 is 0 Å². The number of nitrogens with one attached hydrogen (secondary N) is 1. The van der Waals surface area contributed by atoms with Gasteiger partial charge in [-0.2, -0.15) is 0 Å². The van der Waals surface area contributed by atoms with E-state index in [0.717, 1.165) is 0 Å². The first kappa shape index (κ1) is 17.8. The van der Waals surface area contributed by atoms with Gasteiger partial charge in [0.25, 0.3) is 5.91 Å². The highest BCUT2D eigenvalue weighted by Crippen LogP contribution is 2.15. The van der Waals surface area contributed by atoms with Crippen molar-refractivity contribution in [2.75, 3.05) is 5.32 Å². The lowest BCUT2D eigenvalue weighted by Crippen LogP contribution is -2.32. The molecule has 0 radical (unpaired) electrons. The van der Waals surface area contributed by atoms with Crippen LogP contribution in [0.15, 0.2) is 54.7 Å². The largest absolute Gasteiger partial charge is 0.447 e. The summed E-state index contributed by atoms with van der Waals surface area (Å²) in [5, 5.41) is 3.26. The molecule has 132 valence electrons. The van der Waals surface area contributed by atoms with Crippen molar-refractivity contribution in [2.24, 2.45) is 0 Å². The van der Waals surface area contributed by atoms with E-state index in [2.05, 4.69) is 15.3 Å². The summed E-state index contributed by atoms with van der Waals surface area (Å²) < 4.78 is 5.31. The number of para-hydroxylation sites is 2. The second-order valence-electron chi connectivity index (χ2n) is 5.54. The Hall–Kier alpha value is -2.99. The van der Waals surface area contributed by atoms with E-state index in [9.17, 15) is 9.59 Å². The molecule has 7 heteroatoms. The molecule has 26 heavy (non-hydrogen) atoms. The molecular weight excluding hydrogens is 354 g/mol.